The van der Waals surface area contributed by atoms with Gasteiger partial charge in [0.1, 0.15) is 23.9 Å². The van der Waals surface area contributed by atoms with Crippen LogP contribution in [0.15, 0.2) is 24.3 Å². The Balaban J connectivity index is 3.12. The van der Waals surface area contributed by atoms with Crippen molar-refractivity contribution < 1.29 is 34.2 Å². The first-order valence-corrected chi connectivity index (χ1v) is 13.5. The first-order chi connectivity index (χ1) is 18.0. The molecule has 0 aliphatic heterocycles. The lowest BCUT2D eigenvalue weighted by molar-refractivity contribution is -0.143. The van der Waals surface area contributed by atoms with Crippen molar-refractivity contribution in [2.45, 2.75) is 62.7 Å². The van der Waals surface area contributed by atoms with E-state index in [-0.39, 0.29) is 18.6 Å². The van der Waals surface area contributed by atoms with Crippen molar-refractivity contribution in [2.24, 2.45) is 17.2 Å². The summed E-state index contributed by atoms with van der Waals surface area (Å²) in [5.74, 6) is -3.78. The molecule has 0 bridgehead atoms. The largest absolute Gasteiger partial charge is 0.508 e. The quantitative estimate of drug-likeness (QED) is 0.0982. The topological polar surface area (TPSA) is 240 Å². The summed E-state index contributed by atoms with van der Waals surface area (Å²) in [5, 5.41) is 26.3. The number of carbonyl (C=O) groups excluding carboxylic acids is 4. The van der Waals surface area contributed by atoms with E-state index in [1.165, 1.54) is 23.9 Å². The van der Waals surface area contributed by atoms with Gasteiger partial charge in [-0.2, -0.15) is 11.8 Å². The molecule has 13 nitrogen and oxygen atoms in total. The highest BCUT2D eigenvalue weighted by Gasteiger charge is 2.30. The summed E-state index contributed by atoms with van der Waals surface area (Å²) in [6.07, 6.45) is 2.78. The third kappa shape index (κ3) is 12.3. The molecule has 14 heteroatoms. The average molecular weight is 555 g/mol. The van der Waals surface area contributed by atoms with Crippen molar-refractivity contribution in [3.63, 3.8) is 0 Å². The molecule has 0 aliphatic rings. The molecule has 1 rings (SSSR count). The van der Waals surface area contributed by atoms with Crippen LogP contribution in [-0.2, 0) is 30.4 Å². The number of phenolic OH excluding ortho intramolecular Hbond substituents is 1. The minimum absolute atomic E-state index is 0.0264. The van der Waals surface area contributed by atoms with Gasteiger partial charge >= 0.3 is 5.97 Å². The molecule has 0 fully saturated rings. The van der Waals surface area contributed by atoms with Gasteiger partial charge in [-0.25, -0.2) is 4.79 Å². The predicted octanol–water partition coefficient (Wildman–Crippen LogP) is -1.44. The Morgan fingerprint density at radius 1 is 0.895 bits per heavy atom. The van der Waals surface area contributed by atoms with Crippen molar-refractivity contribution >= 4 is 41.4 Å². The van der Waals surface area contributed by atoms with Crippen molar-refractivity contribution in [1.29, 1.82) is 0 Å². The number of hydrogen-bond acceptors (Lipinski definition) is 9. The molecule has 11 N–H and O–H groups in total. The molecule has 1 aromatic rings. The molecule has 0 radical (unpaired) electrons. The summed E-state index contributed by atoms with van der Waals surface area (Å²) >= 11 is 1.52. The Morgan fingerprint density at radius 3 is 2.03 bits per heavy atom. The number of thioether (sulfide) groups is 1. The lowest BCUT2D eigenvalue weighted by Crippen LogP contribution is -2.57. The van der Waals surface area contributed by atoms with Crippen LogP contribution >= 0.6 is 11.8 Å². The standard InChI is InChI=1S/C24H38N6O7S/c1-38-11-9-16(26)21(33)29-18(12-14-5-7-15(31)8-6-14)23(35)28-17(4-2-3-10-25)22(34)30-19(24(36)37)13-20(27)32/h5-8,16-19,31H,2-4,9-13,25-26H2,1H3,(H2,27,32)(H,28,35)(H,29,33)(H,30,34)(H,36,37). The number of aliphatic carboxylic acids is 1. The van der Waals surface area contributed by atoms with E-state index in [1.54, 1.807) is 12.1 Å². The van der Waals surface area contributed by atoms with E-state index in [0.717, 1.165) is 0 Å². The summed E-state index contributed by atoms with van der Waals surface area (Å²) in [6.45, 7) is 0.342. The van der Waals surface area contributed by atoms with E-state index in [2.05, 4.69) is 16.0 Å². The van der Waals surface area contributed by atoms with E-state index >= 15 is 0 Å². The van der Waals surface area contributed by atoms with Gasteiger partial charge in [0.05, 0.1) is 12.5 Å². The van der Waals surface area contributed by atoms with Gasteiger partial charge < -0.3 is 43.4 Å². The molecule has 0 saturated heterocycles. The van der Waals surface area contributed by atoms with Gasteiger partial charge in [0, 0.05) is 6.42 Å². The van der Waals surface area contributed by atoms with Crippen molar-refractivity contribution in [1.82, 2.24) is 16.0 Å². The Labute approximate surface area is 225 Å². The molecule has 0 saturated carbocycles. The van der Waals surface area contributed by atoms with Crippen LogP contribution in [-0.4, -0.2) is 82.5 Å². The van der Waals surface area contributed by atoms with Crippen LogP contribution in [0.5, 0.6) is 5.75 Å². The Kier molecular flexibility index (Phi) is 14.8. The van der Waals surface area contributed by atoms with Crippen LogP contribution in [0.3, 0.4) is 0 Å². The minimum Gasteiger partial charge on any atom is -0.508 e. The van der Waals surface area contributed by atoms with Crippen molar-refractivity contribution in [3.8, 4) is 5.75 Å². The Morgan fingerprint density at radius 2 is 1.47 bits per heavy atom. The number of primary amides is 1. The highest BCUT2D eigenvalue weighted by atomic mass is 32.2. The van der Waals surface area contributed by atoms with Crippen LogP contribution < -0.4 is 33.2 Å². The van der Waals surface area contributed by atoms with Crippen LogP contribution in [0, 0.1) is 0 Å². The lowest BCUT2D eigenvalue weighted by atomic mass is 10.0. The monoisotopic (exact) mass is 554 g/mol. The number of carboxylic acid groups (broad SMARTS) is 1. The Hall–Kier alpha value is -3.36. The second kappa shape index (κ2) is 17.2. The molecule has 1 aromatic carbocycles. The number of phenols is 1. The molecule has 0 heterocycles. The number of aromatic hydroxyl groups is 1. The molecule has 212 valence electrons. The lowest BCUT2D eigenvalue weighted by Gasteiger charge is -2.25. The van der Waals surface area contributed by atoms with Gasteiger partial charge in [-0.1, -0.05) is 12.1 Å². The normalized spacial score (nSPS) is 14.0. The van der Waals surface area contributed by atoms with E-state index in [1.807, 2.05) is 6.26 Å². The summed E-state index contributed by atoms with van der Waals surface area (Å²) in [4.78, 5) is 61.6. The van der Waals surface area contributed by atoms with E-state index in [9.17, 15) is 34.2 Å². The molecule has 0 aromatic heterocycles. The molecule has 4 atom stereocenters. The van der Waals surface area contributed by atoms with Gasteiger partial charge in [-0.3, -0.25) is 19.2 Å². The number of unbranched alkanes of at least 4 members (excludes halogenated alkanes) is 1. The van der Waals surface area contributed by atoms with Crippen LogP contribution in [0.4, 0.5) is 0 Å². The maximum absolute atomic E-state index is 13.3. The zero-order valence-electron chi connectivity index (χ0n) is 21.4. The summed E-state index contributed by atoms with van der Waals surface area (Å²) in [6, 6.07) is 1.31. The van der Waals surface area contributed by atoms with E-state index in [4.69, 9.17) is 17.2 Å². The highest BCUT2D eigenvalue weighted by Crippen LogP contribution is 2.12. The predicted molar refractivity (Wildman–Crippen MR) is 143 cm³/mol. The van der Waals surface area contributed by atoms with Crippen molar-refractivity contribution in [2.75, 3.05) is 18.6 Å². The number of carboxylic acids is 1. The van der Waals surface area contributed by atoms with Gasteiger partial charge in [0.15, 0.2) is 0 Å². The minimum atomic E-state index is -1.57. The summed E-state index contributed by atoms with van der Waals surface area (Å²) in [5.41, 5.74) is 17.2. The van der Waals surface area contributed by atoms with Crippen LogP contribution in [0.25, 0.3) is 0 Å². The fraction of sp³-hybridized carbons (Fsp3) is 0.542. The molecule has 4 amide bonds. The number of carbonyl (C=O) groups is 5. The van der Waals surface area contributed by atoms with E-state index < -0.39 is 60.2 Å². The highest BCUT2D eigenvalue weighted by molar-refractivity contribution is 7.98. The number of hydrogen-bond donors (Lipinski definition) is 8. The molecule has 0 aliphatic carbocycles. The van der Waals surface area contributed by atoms with Gasteiger partial charge in [0.25, 0.3) is 0 Å². The fourth-order valence-electron chi connectivity index (χ4n) is 3.44. The second-order valence-corrected chi connectivity index (χ2v) is 9.72. The first kappa shape index (κ1) is 32.7. The molecule has 38 heavy (non-hydrogen) atoms. The SMILES string of the molecule is CSCCC(N)C(=O)NC(Cc1ccc(O)cc1)C(=O)NC(CCCCN)C(=O)NC(CC(N)=O)C(=O)O. The zero-order valence-corrected chi connectivity index (χ0v) is 22.2. The van der Waals surface area contributed by atoms with Gasteiger partial charge in [0.2, 0.25) is 23.6 Å². The second-order valence-electron chi connectivity index (χ2n) is 8.74. The number of rotatable bonds is 18. The van der Waals surface area contributed by atoms with Crippen LogP contribution in [0.2, 0.25) is 0 Å². The average Bonchev–Trinajstić information content (AvgIpc) is 2.86. The van der Waals surface area contributed by atoms with E-state index in [0.29, 0.717) is 37.1 Å². The molecular weight excluding hydrogens is 516 g/mol. The first-order valence-electron chi connectivity index (χ1n) is 12.1. The number of nitrogens with two attached hydrogens (primary N) is 3. The third-order valence-corrected chi connectivity index (χ3v) is 6.22. The molecular formula is C24H38N6O7S. The van der Waals surface area contributed by atoms with Gasteiger partial charge in [-0.05, 0) is 61.9 Å². The fourth-order valence-corrected chi connectivity index (χ4v) is 3.93. The number of nitrogens with one attached hydrogen (secondary N) is 3. The molecule has 0 spiro atoms. The maximum atomic E-state index is 13.3. The summed E-state index contributed by atoms with van der Waals surface area (Å²) in [7, 11) is 0. The molecule has 4 unspecified atom stereocenters. The third-order valence-electron chi connectivity index (χ3n) is 5.58. The summed E-state index contributed by atoms with van der Waals surface area (Å²) < 4.78 is 0. The number of amides is 4. The zero-order chi connectivity index (χ0) is 28.7. The van der Waals surface area contributed by atoms with Crippen LogP contribution in [0.1, 0.15) is 37.7 Å². The number of benzene rings is 1. The maximum Gasteiger partial charge on any atom is 0.326 e. The Bertz CT molecular complexity index is 947. The smallest absolute Gasteiger partial charge is 0.326 e. The van der Waals surface area contributed by atoms with Crippen molar-refractivity contribution in [3.05, 3.63) is 29.8 Å². The van der Waals surface area contributed by atoms with Gasteiger partial charge in [-0.15, -0.1) is 0 Å².